The first-order chi connectivity index (χ1) is 9.18. The van der Waals surface area contributed by atoms with E-state index in [0.29, 0.717) is 5.82 Å². The van der Waals surface area contributed by atoms with Crippen LogP contribution in [0.25, 0.3) is 11.4 Å². The summed E-state index contributed by atoms with van der Waals surface area (Å²) in [6, 6.07) is 3.19. The number of nitrogen functional groups attached to an aromatic ring is 1. The lowest BCUT2D eigenvalue weighted by molar-refractivity contribution is 0.564. The summed E-state index contributed by atoms with van der Waals surface area (Å²) in [6.45, 7) is 5.98. The first-order valence-corrected chi connectivity index (χ1v) is 7.06. The number of hydrogen-bond acceptors (Lipinski definition) is 3. The van der Waals surface area contributed by atoms with Gasteiger partial charge in [-0.3, -0.25) is 0 Å². The summed E-state index contributed by atoms with van der Waals surface area (Å²) in [7, 11) is 0. The van der Waals surface area contributed by atoms with Crippen molar-refractivity contribution in [3.63, 3.8) is 0 Å². The van der Waals surface area contributed by atoms with Gasteiger partial charge in [-0.2, -0.15) is 0 Å². The van der Waals surface area contributed by atoms with E-state index < -0.39 is 11.6 Å². The second-order valence-corrected chi connectivity index (χ2v) is 6.58. The molecule has 0 aliphatic rings. The second-order valence-electron chi connectivity index (χ2n) is 5.50. The van der Waals surface area contributed by atoms with Crippen LogP contribution in [-0.4, -0.2) is 9.97 Å². The van der Waals surface area contributed by atoms with Crippen LogP contribution >= 0.6 is 22.6 Å². The number of nitrogens with two attached hydrogens (primary N) is 1. The first kappa shape index (κ1) is 15.1. The molecular weight excluding hydrogens is 375 g/mol. The molecule has 3 nitrogen and oxygen atoms in total. The SMILES string of the molecule is CC(C)(C)c1nc(-c2cc(F)cc(F)c2)nc(N)c1I. The predicted octanol–water partition coefficient (Wildman–Crippen LogP) is 3.91. The monoisotopic (exact) mass is 389 g/mol. The van der Waals surface area contributed by atoms with Crippen LogP contribution in [-0.2, 0) is 5.41 Å². The minimum Gasteiger partial charge on any atom is -0.383 e. The van der Waals surface area contributed by atoms with E-state index >= 15 is 0 Å². The fourth-order valence-electron chi connectivity index (χ4n) is 1.77. The maximum atomic E-state index is 13.3. The van der Waals surface area contributed by atoms with Crippen LogP contribution < -0.4 is 5.73 Å². The van der Waals surface area contributed by atoms with E-state index in [4.69, 9.17) is 5.73 Å². The van der Waals surface area contributed by atoms with E-state index in [1.165, 1.54) is 12.1 Å². The highest BCUT2D eigenvalue weighted by Crippen LogP contribution is 2.30. The molecule has 6 heteroatoms. The molecule has 0 aliphatic carbocycles. The lowest BCUT2D eigenvalue weighted by Gasteiger charge is -2.21. The van der Waals surface area contributed by atoms with Crippen molar-refractivity contribution < 1.29 is 8.78 Å². The van der Waals surface area contributed by atoms with Crippen molar-refractivity contribution >= 4 is 28.4 Å². The summed E-state index contributed by atoms with van der Waals surface area (Å²) in [5.74, 6) is -0.799. The highest BCUT2D eigenvalue weighted by molar-refractivity contribution is 14.1. The van der Waals surface area contributed by atoms with Gasteiger partial charge in [0.25, 0.3) is 0 Å². The maximum Gasteiger partial charge on any atom is 0.162 e. The van der Waals surface area contributed by atoms with E-state index in [9.17, 15) is 8.78 Å². The number of benzene rings is 1. The Bertz CT molecular complexity index is 646. The minimum atomic E-state index is -0.668. The third-order valence-corrected chi connectivity index (χ3v) is 3.77. The summed E-state index contributed by atoms with van der Waals surface area (Å²) < 4.78 is 27.4. The van der Waals surface area contributed by atoms with Crippen molar-refractivity contribution in [3.05, 3.63) is 39.1 Å². The normalized spacial score (nSPS) is 11.7. The topological polar surface area (TPSA) is 51.8 Å². The molecule has 0 radical (unpaired) electrons. The van der Waals surface area contributed by atoms with Gasteiger partial charge in [0.05, 0.1) is 9.26 Å². The van der Waals surface area contributed by atoms with Crippen molar-refractivity contribution in [2.75, 3.05) is 5.73 Å². The van der Waals surface area contributed by atoms with Crippen molar-refractivity contribution in [2.45, 2.75) is 26.2 Å². The Labute approximate surface area is 129 Å². The van der Waals surface area contributed by atoms with Crippen LogP contribution in [0.3, 0.4) is 0 Å². The van der Waals surface area contributed by atoms with Gasteiger partial charge in [0.2, 0.25) is 0 Å². The molecule has 2 aromatic rings. The zero-order valence-corrected chi connectivity index (χ0v) is 13.5. The van der Waals surface area contributed by atoms with E-state index in [1.54, 1.807) is 0 Å². The number of rotatable bonds is 1. The van der Waals surface area contributed by atoms with E-state index in [1.807, 2.05) is 20.8 Å². The van der Waals surface area contributed by atoms with Crippen molar-refractivity contribution in [3.8, 4) is 11.4 Å². The molecule has 1 aromatic carbocycles. The Morgan fingerprint density at radius 2 is 1.60 bits per heavy atom. The van der Waals surface area contributed by atoms with Crippen molar-refractivity contribution in [2.24, 2.45) is 0 Å². The molecule has 0 saturated carbocycles. The molecule has 2 N–H and O–H groups in total. The summed E-state index contributed by atoms with van der Waals surface area (Å²) in [5, 5.41) is 0. The van der Waals surface area contributed by atoms with Gasteiger partial charge in [-0.15, -0.1) is 0 Å². The van der Waals surface area contributed by atoms with Crippen LogP contribution in [0.1, 0.15) is 26.5 Å². The van der Waals surface area contributed by atoms with Crippen LogP contribution in [0.5, 0.6) is 0 Å². The molecule has 106 valence electrons. The Morgan fingerprint density at radius 3 is 2.10 bits per heavy atom. The first-order valence-electron chi connectivity index (χ1n) is 5.98. The number of aromatic nitrogens is 2. The zero-order valence-electron chi connectivity index (χ0n) is 11.3. The Balaban J connectivity index is 2.67. The summed E-state index contributed by atoms with van der Waals surface area (Å²) in [5.41, 5.74) is 6.67. The van der Waals surface area contributed by atoms with E-state index in [2.05, 4.69) is 32.6 Å². The molecule has 0 amide bonds. The van der Waals surface area contributed by atoms with Gasteiger partial charge in [-0.25, -0.2) is 18.7 Å². The van der Waals surface area contributed by atoms with Crippen molar-refractivity contribution in [1.82, 2.24) is 9.97 Å². The van der Waals surface area contributed by atoms with Crippen LogP contribution in [0.15, 0.2) is 18.2 Å². The Hall–Kier alpha value is -1.31. The highest BCUT2D eigenvalue weighted by atomic mass is 127. The molecule has 0 saturated heterocycles. The fraction of sp³-hybridized carbons (Fsp3) is 0.286. The molecule has 1 aromatic heterocycles. The smallest absolute Gasteiger partial charge is 0.162 e. The summed E-state index contributed by atoms with van der Waals surface area (Å²) in [6.07, 6.45) is 0. The molecule has 0 spiro atoms. The number of halogens is 3. The molecule has 0 atom stereocenters. The fourth-order valence-corrected chi connectivity index (χ4v) is 2.82. The van der Waals surface area contributed by atoms with E-state index in [-0.39, 0.29) is 16.8 Å². The minimum absolute atomic E-state index is 0.228. The van der Waals surface area contributed by atoms with Gasteiger partial charge >= 0.3 is 0 Å². The third-order valence-electron chi connectivity index (χ3n) is 2.71. The standard InChI is InChI=1S/C14H14F2IN3/c1-14(2,3)11-10(17)12(18)20-13(19-11)7-4-8(15)6-9(16)5-7/h4-6H,1-3H3,(H2,18,19,20). The summed E-state index contributed by atoms with van der Waals surface area (Å²) in [4.78, 5) is 8.55. The molecule has 20 heavy (non-hydrogen) atoms. The molecule has 0 aliphatic heterocycles. The van der Waals surface area contributed by atoms with Crippen LogP contribution in [0.4, 0.5) is 14.6 Å². The zero-order chi connectivity index (χ0) is 15.1. The van der Waals surface area contributed by atoms with Gasteiger partial charge in [0.15, 0.2) is 5.82 Å². The number of hydrogen-bond donors (Lipinski definition) is 1. The lowest BCUT2D eigenvalue weighted by atomic mass is 9.92. The summed E-state index contributed by atoms with van der Waals surface area (Å²) >= 11 is 2.08. The third kappa shape index (κ3) is 3.05. The van der Waals surface area contributed by atoms with Crippen LogP contribution in [0, 0.1) is 15.2 Å². The molecule has 0 unspecified atom stereocenters. The molecule has 2 rings (SSSR count). The van der Waals surface area contributed by atoms with Gasteiger partial charge in [0, 0.05) is 17.0 Å². The number of anilines is 1. The second kappa shape index (κ2) is 5.23. The molecular formula is C14H14F2IN3. The van der Waals surface area contributed by atoms with Gasteiger partial charge < -0.3 is 5.73 Å². The highest BCUT2D eigenvalue weighted by Gasteiger charge is 2.23. The quantitative estimate of drug-likeness (QED) is 0.753. The average molecular weight is 389 g/mol. The largest absolute Gasteiger partial charge is 0.383 e. The lowest BCUT2D eigenvalue weighted by Crippen LogP contribution is -2.18. The van der Waals surface area contributed by atoms with Gasteiger partial charge in [-0.05, 0) is 34.7 Å². The van der Waals surface area contributed by atoms with E-state index in [0.717, 1.165) is 15.3 Å². The van der Waals surface area contributed by atoms with Gasteiger partial charge in [-0.1, -0.05) is 20.8 Å². The molecule has 0 bridgehead atoms. The predicted molar refractivity (Wildman–Crippen MR) is 83.2 cm³/mol. The van der Waals surface area contributed by atoms with Crippen LogP contribution in [0.2, 0.25) is 0 Å². The Kier molecular flexibility index (Phi) is 3.95. The maximum absolute atomic E-state index is 13.3. The number of nitrogens with zero attached hydrogens (tertiary/aromatic N) is 2. The molecule has 1 heterocycles. The van der Waals surface area contributed by atoms with Crippen molar-refractivity contribution in [1.29, 1.82) is 0 Å². The molecule has 0 fully saturated rings. The average Bonchev–Trinajstić information content (AvgIpc) is 2.29. The Morgan fingerprint density at radius 1 is 1.05 bits per heavy atom. The van der Waals surface area contributed by atoms with Gasteiger partial charge in [0.1, 0.15) is 17.5 Å².